The quantitative estimate of drug-likeness (QED) is 0.540. The van der Waals surface area contributed by atoms with Crippen molar-refractivity contribution in [1.82, 2.24) is 14.5 Å². The third-order valence-corrected chi connectivity index (χ3v) is 6.34. The number of aryl methyl sites for hydroxylation is 1. The van der Waals surface area contributed by atoms with Gasteiger partial charge in [-0.05, 0) is 61.2 Å². The number of carbonyl (C=O) groups excluding carboxylic acids is 1. The van der Waals surface area contributed by atoms with Gasteiger partial charge in [0.15, 0.2) is 5.84 Å². The highest BCUT2D eigenvalue weighted by Gasteiger charge is 2.58. The molecular weight excluding hydrogens is 467 g/mol. The zero-order chi connectivity index (χ0) is 25.4. The van der Waals surface area contributed by atoms with Gasteiger partial charge < -0.3 is 28.9 Å². The van der Waals surface area contributed by atoms with Crippen LogP contribution >= 0.6 is 0 Å². The maximum Gasteiger partial charge on any atom is 0.380 e. The van der Waals surface area contributed by atoms with Crippen molar-refractivity contribution in [2.24, 2.45) is 5.16 Å². The molecule has 2 aromatic carbocycles. The van der Waals surface area contributed by atoms with Gasteiger partial charge in [-0.1, -0.05) is 11.2 Å². The number of hydrogen-bond donors (Lipinski definition) is 1. The molecule has 3 heterocycles. The summed E-state index contributed by atoms with van der Waals surface area (Å²) in [6.07, 6.45) is 6.98. The van der Waals surface area contributed by atoms with Gasteiger partial charge in [0, 0.05) is 18.8 Å². The van der Waals surface area contributed by atoms with E-state index >= 15 is 0 Å². The van der Waals surface area contributed by atoms with Crippen LogP contribution in [0.25, 0.3) is 11.8 Å². The second-order valence-corrected chi connectivity index (χ2v) is 8.58. The summed E-state index contributed by atoms with van der Waals surface area (Å²) in [5, 5.41) is 14.7. The summed E-state index contributed by atoms with van der Waals surface area (Å²) < 4.78 is 26.2. The zero-order valence-electron chi connectivity index (χ0n) is 20.1. The van der Waals surface area contributed by atoms with Gasteiger partial charge in [-0.3, -0.25) is 0 Å². The number of aromatic nitrogens is 2. The van der Waals surface area contributed by atoms with E-state index in [0.717, 1.165) is 34.7 Å². The summed E-state index contributed by atoms with van der Waals surface area (Å²) in [5.41, 5.74) is 1.64. The van der Waals surface area contributed by atoms with Crippen molar-refractivity contribution in [1.29, 1.82) is 0 Å². The van der Waals surface area contributed by atoms with Crippen LogP contribution in [0.15, 0.2) is 59.7 Å². The van der Waals surface area contributed by atoms with Crippen molar-refractivity contribution in [3.63, 3.8) is 0 Å². The lowest BCUT2D eigenvalue weighted by molar-refractivity contribution is -0.187. The molecule has 0 aliphatic carbocycles. The summed E-state index contributed by atoms with van der Waals surface area (Å²) in [5.74, 6) is -0.727. The van der Waals surface area contributed by atoms with E-state index in [1.807, 2.05) is 42.0 Å². The maximum absolute atomic E-state index is 13.7. The van der Waals surface area contributed by atoms with Crippen LogP contribution in [-0.2, 0) is 20.1 Å². The first-order valence-electron chi connectivity index (χ1n) is 11.4. The van der Waals surface area contributed by atoms with E-state index in [1.54, 1.807) is 18.3 Å². The number of hydrogen-bond acceptors (Lipinski definition) is 8. The second kappa shape index (κ2) is 9.03. The number of rotatable bonds is 5. The lowest BCUT2D eigenvalue weighted by Gasteiger charge is -2.37. The SMILES string of the molecule is COC(=O)C1(c2ccc(F)cc2O)ON=C2C(=Cc3ccc(-n4cnc(C)c4)c(OC)c3)CCCN21. The van der Waals surface area contributed by atoms with E-state index in [1.165, 1.54) is 13.2 Å². The highest BCUT2D eigenvalue weighted by Crippen LogP contribution is 2.44. The Morgan fingerprint density at radius 2 is 2.08 bits per heavy atom. The smallest absolute Gasteiger partial charge is 0.380 e. The average Bonchev–Trinajstić information content (AvgIpc) is 3.48. The maximum atomic E-state index is 13.7. The number of benzene rings is 2. The summed E-state index contributed by atoms with van der Waals surface area (Å²) >= 11 is 0. The van der Waals surface area contributed by atoms with Gasteiger partial charge in [0.25, 0.3) is 0 Å². The summed E-state index contributed by atoms with van der Waals surface area (Å²) in [4.78, 5) is 24.7. The Morgan fingerprint density at radius 1 is 1.25 bits per heavy atom. The molecule has 10 heteroatoms. The zero-order valence-corrected chi connectivity index (χ0v) is 20.1. The van der Waals surface area contributed by atoms with Crippen LogP contribution in [0.1, 0.15) is 29.7 Å². The summed E-state index contributed by atoms with van der Waals surface area (Å²) in [7, 11) is 2.83. The third kappa shape index (κ3) is 3.74. The minimum atomic E-state index is -1.86. The van der Waals surface area contributed by atoms with E-state index in [-0.39, 0.29) is 5.56 Å². The monoisotopic (exact) mass is 492 g/mol. The standard InChI is InChI=1S/C26H25FN4O5/c1-16-14-30(15-28-16)21-9-6-17(12-23(21)34-2)11-18-5-4-10-31-24(18)29-36-26(31,25(33)35-3)20-8-7-19(27)13-22(20)32/h6-9,11-15,32H,4-5,10H2,1-3H3. The highest BCUT2D eigenvalue weighted by molar-refractivity contribution is 6.06. The van der Waals surface area contributed by atoms with Crippen molar-refractivity contribution in [2.45, 2.75) is 25.5 Å². The minimum Gasteiger partial charge on any atom is -0.507 e. The third-order valence-electron chi connectivity index (χ3n) is 6.34. The van der Waals surface area contributed by atoms with Crippen molar-refractivity contribution in [3.8, 4) is 17.2 Å². The Bertz CT molecular complexity index is 1400. The number of piperidine rings is 1. The molecule has 1 aromatic heterocycles. The molecule has 1 fully saturated rings. The molecule has 0 amide bonds. The molecule has 3 aromatic rings. The predicted molar refractivity (Wildman–Crippen MR) is 129 cm³/mol. The Morgan fingerprint density at radius 3 is 2.78 bits per heavy atom. The first-order chi connectivity index (χ1) is 17.4. The lowest BCUT2D eigenvalue weighted by Crippen LogP contribution is -2.54. The van der Waals surface area contributed by atoms with Crippen LogP contribution in [0.4, 0.5) is 4.39 Å². The van der Waals surface area contributed by atoms with Crippen LogP contribution in [0.3, 0.4) is 0 Å². The molecule has 2 aliphatic rings. The Labute approximate surface area is 207 Å². The molecule has 0 saturated carbocycles. The fourth-order valence-electron chi connectivity index (χ4n) is 4.66. The minimum absolute atomic E-state index is 0.0531. The number of oxime groups is 1. The van der Waals surface area contributed by atoms with Gasteiger partial charge in [0.2, 0.25) is 0 Å². The number of ether oxygens (including phenoxy) is 2. The predicted octanol–water partition coefficient (Wildman–Crippen LogP) is 3.88. The number of phenols is 1. The lowest BCUT2D eigenvalue weighted by atomic mass is 9.93. The molecule has 1 saturated heterocycles. The van der Waals surface area contributed by atoms with E-state index in [0.29, 0.717) is 31.0 Å². The number of esters is 1. The van der Waals surface area contributed by atoms with E-state index < -0.39 is 23.3 Å². The van der Waals surface area contributed by atoms with Gasteiger partial charge in [-0.2, -0.15) is 0 Å². The number of phenolic OH excluding ortho intramolecular Hbond substituents is 1. The van der Waals surface area contributed by atoms with E-state index in [4.69, 9.17) is 14.3 Å². The number of carbonyl (C=O) groups is 1. The van der Waals surface area contributed by atoms with Crippen molar-refractivity contribution in [2.75, 3.05) is 20.8 Å². The fraction of sp³-hybridized carbons (Fsp3) is 0.269. The van der Waals surface area contributed by atoms with Gasteiger partial charge in [0.1, 0.15) is 17.3 Å². The summed E-state index contributed by atoms with van der Waals surface area (Å²) in [6, 6.07) is 9.19. The molecule has 1 N–H and O–H groups in total. The van der Waals surface area contributed by atoms with E-state index in [9.17, 15) is 14.3 Å². The topological polar surface area (TPSA) is 98.4 Å². The fourth-order valence-corrected chi connectivity index (χ4v) is 4.66. The van der Waals surface area contributed by atoms with E-state index in [2.05, 4.69) is 10.1 Å². The van der Waals surface area contributed by atoms with Crippen molar-refractivity contribution < 1.29 is 28.6 Å². The molecule has 2 aliphatic heterocycles. The van der Waals surface area contributed by atoms with Crippen LogP contribution in [-0.4, -0.2) is 52.1 Å². The first kappa shape index (κ1) is 23.4. The molecule has 0 bridgehead atoms. The van der Waals surface area contributed by atoms with Crippen molar-refractivity contribution >= 4 is 17.9 Å². The molecule has 5 rings (SSSR count). The van der Waals surface area contributed by atoms with Gasteiger partial charge in [-0.15, -0.1) is 0 Å². The molecule has 9 nitrogen and oxygen atoms in total. The molecule has 1 atom stereocenters. The second-order valence-electron chi connectivity index (χ2n) is 8.58. The van der Waals surface area contributed by atoms with Gasteiger partial charge in [0.05, 0.1) is 37.5 Å². The number of nitrogens with zero attached hydrogens (tertiary/aromatic N) is 4. The molecular formula is C26H25FN4O5. The van der Waals surface area contributed by atoms with Gasteiger partial charge >= 0.3 is 11.7 Å². The molecule has 36 heavy (non-hydrogen) atoms. The van der Waals surface area contributed by atoms with Crippen molar-refractivity contribution in [3.05, 3.63) is 77.1 Å². The molecule has 1 unspecified atom stereocenters. The first-order valence-corrected chi connectivity index (χ1v) is 11.4. The molecule has 0 radical (unpaired) electrons. The number of halogens is 1. The number of aromatic hydroxyl groups is 1. The largest absolute Gasteiger partial charge is 0.507 e. The van der Waals surface area contributed by atoms with Crippen LogP contribution in [0.2, 0.25) is 0 Å². The normalized spacial score (nSPS) is 20.1. The Kier molecular flexibility index (Phi) is 5.87. The summed E-state index contributed by atoms with van der Waals surface area (Å²) in [6.45, 7) is 2.34. The Balaban J connectivity index is 1.52. The van der Waals surface area contributed by atoms with Crippen LogP contribution < -0.4 is 4.74 Å². The Hall–Kier alpha value is -4.34. The van der Waals surface area contributed by atoms with Crippen LogP contribution in [0.5, 0.6) is 11.5 Å². The highest BCUT2D eigenvalue weighted by atomic mass is 19.1. The van der Waals surface area contributed by atoms with Crippen LogP contribution in [0, 0.1) is 12.7 Å². The number of imidazole rings is 1. The van der Waals surface area contributed by atoms with Gasteiger partial charge in [-0.25, -0.2) is 14.2 Å². The molecule has 0 spiro atoms. The average molecular weight is 493 g/mol. The number of methoxy groups -OCH3 is 2. The number of amidine groups is 1. The molecule has 186 valence electrons. The number of fused-ring (bicyclic) bond motifs is 1.